The van der Waals surface area contributed by atoms with E-state index in [2.05, 4.69) is 29.3 Å². The Hall–Kier alpha value is -2.24. The van der Waals surface area contributed by atoms with Crippen LogP contribution in [0.4, 0.5) is 4.39 Å². The van der Waals surface area contributed by atoms with Gasteiger partial charge in [-0.25, -0.2) is 4.39 Å². The first-order chi connectivity index (χ1) is 10.5. The van der Waals surface area contributed by atoms with Crippen molar-refractivity contribution in [2.24, 2.45) is 5.92 Å². The SMILES string of the molecule is CC(C)CCC(=O)NC(C)c1nc(-c2ccc(F)cc2)no1. The van der Waals surface area contributed by atoms with Crippen LogP contribution in [0.2, 0.25) is 0 Å². The molecule has 118 valence electrons. The van der Waals surface area contributed by atoms with Crippen molar-refractivity contribution >= 4 is 5.91 Å². The molecule has 6 heteroatoms. The Morgan fingerprint density at radius 1 is 1.27 bits per heavy atom. The van der Waals surface area contributed by atoms with Crippen molar-refractivity contribution in [3.8, 4) is 11.4 Å². The van der Waals surface area contributed by atoms with E-state index < -0.39 is 0 Å². The zero-order chi connectivity index (χ0) is 16.1. The van der Waals surface area contributed by atoms with Gasteiger partial charge in [-0.05, 0) is 43.5 Å². The Bertz CT molecular complexity index is 623. The highest BCUT2D eigenvalue weighted by Gasteiger charge is 2.17. The van der Waals surface area contributed by atoms with Gasteiger partial charge in [-0.1, -0.05) is 19.0 Å². The van der Waals surface area contributed by atoms with Gasteiger partial charge < -0.3 is 9.84 Å². The highest BCUT2D eigenvalue weighted by Crippen LogP contribution is 2.19. The second-order valence-corrected chi connectivity index (χ2v) is 5.68. The first kappa shape index (κ1) is 16.1. The Kier molecular flexibility index (Phi) is 5.25. The molecule has 0 spiro atoms. The van der Waals surface area contributed by atoms with Crippen LogP contribution in [0.25, 0.3) is 11.4 Å². The van der Waals surface area contributed by atoms with Gasteiger partial charge in [-0.2, -0.15) is 4.98 Å². The molecule has 1 N–H and O–H groups in total. The normalized spacial score (nSPS) is 12.4. The van der Waals surface area contributed by atoms with Gasteiger partial charge in [0.2, 0.25) is 17.6 Å². The lowest BCUT2D eigenvalue weighted by molar-refractivity contribution is -0.122. The number of carbonyl (C=O) groups is 1. The van der Waals surface area contributed by atoms with E-state index in [1.807, 2.05) is 0 Å². The molecule has 1 aromatic carbocycles. The molecule has 1 amide bonds. The van der Waals surface area contributed by atoms with Crippen LogP contribution in [0.3, 0.4) is 0 Å². The molecule has 0 saturated heterocycles. The van der Waals surface area contributed by atoms with Gasteiger partial charge in [-0.3, -0.25) is 4.79 Å². The van der Waals surface area contributed by atoms with Crippen LogP contribution in [0.5, 0.6) is 0 Å². The van der Waals surface area contributed by atoms with Crippen molar-refractivity contribution in [2.45, 2.75) is 39.7 Å². The van der Waals surface area contributed by atoms with Crippen molar-refractivity contribution in [3.05, 3.63) is 36.0 Å². The fourth-order valence-electron chi connectivity index (χ4n) is 1.92. The second-order valence-electron chi connectivity index (χ2n) is 5.68. The molecular formula is C16H20FN3O2. The summed E-state index contributed by atoms with van der Waals surface area (Å²) in [7, 11) is 0. The maximum Gasteiger partial charge on any atom is 0.249 e. The van der Waals surface area contributed by atoms with Crippen molar-refractivity contribution in [3.63, 3.8) is 0 Å². The number of nitrogens with one attached hydrogen (secondary N) is 1. The third-order valence-electron chi connectivity index (χ3n) is 3.24. The zero-order valence-corrected chi connectivity index (χ0v) is 13.0. The molecule has 1 heterocycles. The van der Waals surface area contributed by atoms with Crippen LogP contribution in [0.1, 0.15) is 45.5 Å². The summed E-state index contributed by atoms with van der Waals surface area (Å²) in [5.41, 5.74) is 0.662. The zero-order valence-electron chi connectivity index (χ0n) is 13.0. The first-order valence-corrected chi connectivity index (χ1v) is 7.34. The van der Waals surface area contributed by atoms with Crippen molar-refractivity contribution in [1.82, 2.24) is 15.5 Å². The summed E-state index contributed by atoms with van der Waals surface area (Å²) in [6.07, 6.45) is 1.31. The van der Waals surface area contributed by atoms with Gasteiger partial charge in [0.1, 0.15) is 11.9 Å². The van der Waals surface area contributed by atoms with Crippen molar-refractivity contribution in [2.75, 3.05) is 0 Å². The van der Waals surface area contributed by atoms with E-state index in [9.17, 15) is 9.18 Å². The largest absolute Gasteiger partial charge is 0.345 e. The average Bonchev–Trinajstić information content (AvgIpc) is 2.96. The van der Waals surface area contributed by atoms with Crippen LogP contribution in [0.15, 0.2) is 28.8 Å². The Balaban J connectivity index is 1.98. The lowest BCUT2D eigenvalue weighted by atomic mass is 10.1. The Labute approximate surface area is 128 Å². The predicted molar refractivity (Wildman–Crippen MR) is 80.3 cm³/mol. The maximum absolute atomic E-state index is 12.9. The minimum atomic E-state index is -0.360. The van der Waals surface area contributed by atoms with Crippen LogP contribution < -0.4 is 5.32 Å². The van der Waals surface area contributed by atoms with E-state index in [0.29, 0.717) is 29.6 Å². The van der Waals surface area contributed by atoms with Crippen LogP contribution >= 0.6 is 0 Å². The quantitative estimate of drug-likeness (QED) is 0.887. The first-order valence-electron chi connectivity index (χ1n) is 7.34. The molecule has 0 saturated carbocycles. The van der Waals surface area contributed by atoms with Gasteiger partial charge in [0.05, 0.1) is 0 Å². The molecule has 22 heavy (non-hydrogen) atoms. The number of carbonyl (C=O) groups excluding carboxylic acids is 1. The van der Waals surface area contributed by atoms with Crippen molar-refractivity contribution in [1.29, 1.82) is 0 Å². The molecule has 0 fully saturated rings. The molecule has 0 aliphatic heterocycles. The molecule has 1 atom stereocenters. The number of nitrogens with zero attached hydrogens (tertiary/aromatic N) is 2. The number of hydrogen-bond donors (Lipinski definition) is 1. The maximum atomic E-state index is 12.9. The van der Waals surface area contributed by atoms with Crippen LogP contribution in [-0.4, -0.2) is 16.0 Å². The summed E-state index contributed by atoms with van der Waals surface area (Å²) in [6.45, 7) is 5.93. The third-order valence-corrected chi connectivity index (χ3v) is 3.24. The van der Waals surface area contributed by atoms with Crippen LogP contribution in [0, 0.1) is 11.7 Å². The summed E-state index contributed by atoms with van der Waals surface area (Å²) >= 11 is 0. The number of halogens is 1. The summed E-state index contributed by atoms with van der Waals surface area (Å²) in [4.78, 5) is 16.0. The van der Waals surface area contributed by atoms with Crippen molar-refractivity contribution < 1.29 is 13.7 Å². The smallest absolute Gasteiger partial charge is 0.249 e. The fourth-order valence-corrected chi connectivity index (χ4v) is 1.92. The molecule has 0 aliphatic rings. The Morgan fingerprint density at radius 2 is 1.95 bits per heavy atom. The van der Waals surface area contributed by atoms with Gasteiger partial charge in [0.15, 0.2) is 0 Å². The van der Waals surface area contributed by atoms with E-state index in [4.69, 9.17) is 4.52 Å². The lowest BCUT2D eigenvalue weighted by Crippen LogP contribution is -2.26. The number of aromatic nitrogens is 2. The standard InChI is InChI=1S/C16H20FN3O2/c1-10(2)4-9-14(21)18-11(3)16-19-15(20-22-16)12-5-7-13(17)8-6-12/h5-8,10-11H,4,9H2,1-3H3,(H,18,21). The number of amides is 1. The highest BCUT2D eigenvalue weighted by molar-refractivity contribution is 5.76. The lowest BCUT2D eigenvalue weighted by Gasteiger charge is -2.10. The second kappa shape index (κ2) is 7.15. The number of rotatable bonds is 6. The summed E-state index contributed by atoms with van der Waals surface area (Å²) < 4.78 is 18.1. The van der Waals surface area contributed by atoms with Gasteiger partial charge in [0, 0.05) is 12.0 Å². The van der Waals surface area contributed by atoms with Gasteiger partial charge in [-0.15, -0.1) is 0 Å². The summed E-state index contributed by atoms with van der Waals surface area (Å²) in [5.74, 6) is 0.825. The number of hydrogen-bond acceptors (Lipinski definition) is 4. The molecule has 0 aliphatic carbocycles. The molecule has 1 aromatic heterocycles. The molecule has 0 radical (unpaired) electrons. The van der Waals surface area contributed by atoms with E-state index >= 15 is 0 Å². The van der Waals surface area contributed by atoms with E-state index in [1.54, 1.807) is 19.1 Å². The van der Waals surface area contributed by atoms with Gasteiger partial charge >= 0.3 is 0 Å². The van der Waals surface area contributed by atoms with Crippen LogP contribution in [-0.2, 0) is 4.79 Å². The highest BCUT2D eigenvalue weighted by atomic mass is 19.1. The molecular weight excluding hydrogens is 285 g/mol. The molecule has 2 rings (SSSR count). The predicted octanol–water partition coefficient (Wildman–Crippen LogP) is 3.49. The summed E-state index contributed by atoms with van der Waals surface area (Å²) in [6, 6.07) is 5.47. The topological polar surface area (TPSA) is 68.0 Å². The monoisotopic (exact) mass is 305 g/mol. The molecule has 1 unspecified atom stereocenters. The third kappa shape index (κ3) is 4.38. The average molecular weight is 305 g/mol. The molecule has 5 nitrogen and oxygen atoms in total. The van der Waals surface area contributed by atoms with E-state index in [1.165, 1.54) is 12.1 Å². The minimum absolute atomic E-state index is 0.0391. The van der Waals surface area contributed by atoms with E-state index in [0.717, 1.165) is 6.42 Å². The Morgan fingerprint density at radius 3 is 2.59 bits per heavy atom. The summed E-state index contributed by atoms with van der Waals surface area (Å²) in [5, 5.41) is 6.69. The molecule has 0 bridgehead atoms. The molecule has 2 aromatic rings. The number of benzene rings is 1. The van der Waals surface area contributed by atoms with Gasteiger partial charge in [0.25, 0.3) is 0 Å². The minimum Gasteiger partial charge on any atom is -0.345 e. The fraction of sp³-hybridized carbons (Fsp3) is 0.438. The van der Waals surface area contributed by atoms with E-state index in [-0.39, 0.29) is 17.8 Å².